The third-order valence-electron chi connectivity index (χ3n) is 4.07. The lowest BCUT2D eigenvalue weighted by Gasteiger charge is -2.25. The minimum Gasteiger partial charge on any atom is -0.0622 e. The maximum atomic E-state index is 2.36. The molecule has 0 radical (unpaired) electrons. The van der Waals surface area contributed by atoms with Gasteiger partial charge in [0, 0.05) is 0 Å². The average Bonchev–Trinajstić information content (AvgIpc) is 2.48. The van der Waals surface area contributed by atoms with Gasteiger partial charge in [-0.25, -0.2) is 0 Å². The third-order valence-corrected chi connectivity index (χ3v) is 4.07. The molecule has 0 amide bonds. The van der Waals surface area contributed by atoms with Crippen molar-refractivity contribution in [3.05, 3.63) is 83.9 Å². The Morgan fingerprint density at radius 2 is 1.33 bits per heavy atom. The summed E-state index contributed by atoms with van der Waals surface area (Å²) >= 11 is 0. The normalized spacial score (nSPS) is 11.7. The predicted molar refractivity (Wildman–Crippen MR) is 91.6 cm³/mol. The van der Waals surface area contributed by atoms with Gasteiger partial charge in [0.1, 0.15) is 0 Å². The van der Waals surface area contributed by atoms with Gasteiger partial charge in [-0.2, -0.15) is 0 Å². The molecule has 0 saturated carbocycles. The Balaban J connectivity index is 1.87. The van der Waals surface area contributed by atoms with E-state index in [1.54, 1.807) is 0 Å². The SMILES string of the molecule is CC(C)(Cc1ccccc1)Cc1cccc2ccccc12. The molecule has 0 spiro atoms. The molecule has 21 heavy (non-hydrogen) atoms. The van der Waals surface area contributed by atoms with Crippen LogP contribution in [0.15, 0.2) is 72.8 Å². The fourth-order valence-corrected chi connectivity index (χ4v) is 3.17. The molecule has 106 valence electrons. The summed E-state index contributed by atoms with van der Waals surface area (Å²) in [5.41, 5.74) is 3.13. The van der Waals surface area contributed by atoms with Crippen LogP contribution in [-0.4, -0.2) is 0 Å². The molecular formula is C21H22. The number of hydrogen-bond acceptors (Lipinski definition) is 0. The number of fused-ring (bicyclic) bond motifs is 1. The first-order chi connectivity index (χ1) is 10.1. The molecular weight excluding hydrogens is 252 g/mol. The van der Waals surface area contributed by atoms with Crippen LogP contribution in [0.3, 0.4) is 0 Å². The second kappa shape index (κ2) is 5.73. The Morgan fingerprint density at radius 1 is 0.667 bits per heavy atom. The smallest absolute Gasteiger partial charge is 0.0152 e. The lowest BCUT2D eigenvalue weighted by Crippen LogP contribution is -2.18. The first-order valence-corrected chi connectivity index (χ1v) is 7.65. The highest BCUT2D eigenvalue weighted by Gasteiger charge is 2.20. The van der Waals surface area contributed by atoms with Gasteiger partial charge >= 0.3 is 0 Å². The monoisotopic (exact) mass is 274 g/mol. The van der Waals surface area contributed by atoms with E-state index >= 15 is 0 Å². The predicted octanol–water partition coefficient (Wildman–Crippen LogP) is 5.65. The topological polar surface area (TPSA) is 0 Å². The zero-order valence-electron chi connectivity index (χ0n) is 12.8. The van der Waals surface area contributed by atoms with Crippen LogP contribution in [0.4, 0.5) is 0 Å². The summed E-state index contributed by atoms with van der Waals surface area (Å²) in [5, 5.41) is 2.73. The summed E-state index contributed by atoms with van der Waals surface area (Å²) in [6.45, 7) is 4.73. The molecule has 0 bridgehead atoms. The van der Waals surface area contributed by atoms with Crippen LogP contribution < -0.4 is 0 Å². The second-order valence-electron chi connectivity index (χ2n) is 6.64. The number of hydrogen-bond donors (Lipinski definition) is 0. The van der Waals surface area contributed by atoms with Crippen LogP contribution in [0, 0.1) is 5.41 Å². The molecule has 3 aromatic carbocycles. The standard InChI is InChI=1S/C21H22/c1-21(2,15-17-9-4-3-5-10-17)16-19-13-8-12-18-11-6-7-14-20(18)19/h3-14H,15-16H2,1-2H3. The van der Waals surface area contributed by atoms with Gasteiger partial charge in [-0.1, -0.05) is 86.6 Å². The van der Waals surface area contributed by atoms with Gasteiger partial charge in [0.2, 0.25) is 0 Å². The van der Waals surface area contributed by atoms with Crippen molar-refractivity contribution in [3.8, 4) is 0 Å². The van der Waals surface area contributed by atoms with Gasteiger partial charge in [0.25, 0.3) is 0 Å². The second-order valence-corrected chi connectivity index (χ2v) is 6.64. The summed E-state index contributed by atoms with van der Waals surface area (Å²) in [6.07, 6.45) is 2.21. The minimum atomic E-state index is 0.255. The van der Waals surface area contributed by atoms with Crippen molar-refractivity contribution in [1.82, 2.24) is 0 Å². The van der Waals surface area contributed by atoms with Crippen LogP contribution in [0.1, 0.15) is 25.0 Å². The molecule has 0 atom stereocenters. The Labute approximate surface area is 127 Å². The van der Waals surface area contributed by atoms with E-state index in [0.29, 0.717) is 0 Å². The summed E-state index contributed by atoms with van der Waals surface area (Å²) in [6, 6.07) is 26.1. The molecule has 0 heterocycles. The van der Waals surface area contributed by atoms with Gasteiger partial charge in [-0.15, -0.1) is 0 Å². The molecule has 0 aliphatic rings. The summed E-state index contributed by atoms with van der Waals surface area (Å²) in [5.74, 6) is 0. The van der Waals surface area contributed by atoms with E-state index in [1.165, 1.54) is 21.9 Å². The Kier molecular flexibility index (Phi) is 3.79. The van der Waals surface area contributed by atoms with Crippen LogP contribution >= 0.6 is 0 Å². The Hall–Kier alpha value is -2.08. The Morgan fingerprint density at radius 3 is 2.14 bits per heavy atom. The van der Waals surface area contributed by atoms with E-state index < -0.39 is 0 Å². The summed E-state index contributed by atoms with van der Waals surface area (Å²) in [7, 11) is 0. The van der Waals surface area contributed by atoms with Crippen molar-refractivity contribution >= 4 is 10.8 Å². The summed E-state index contributed by atoms with van der Waals surface area (Å²) < 4.78 is 0. The molecule has 0 unspecified atom stereocenters. The van der Waals surface area contributed by atoms with E-state index in [-0.39, 0.29) is 5.41 Å². The highest BCUT2D eigenvalue weighted by Crippen LogP contribution is 2.30. The first kappa shape index (κ1) is 13.9. The van der Waals surface area contributed by atoms with Crippen molar-refractivity contribution < 1.29 is 0 Å². The molecule has 0 saturated heterocycles. The first-order valence-electron chi connectivity index (χ1n) is 7.65. The van der Waals surface area contributed by atoms with Crippen molar-refractivity contribution in [2.45, 2.75) is 26.7 Å². The Bertz CT molecular complexity index is 718. The lowest BCUT2D eigenvalue weighted by atomic mass is 9.79. The lowest BCUT2D eigenvalue weighted by molar-refractivity contribution is 0.362. The van der Waals surface area contributed by atoms with Crippen LogP contribution in [0.5, 0.6) is 0 Å². The molecule has 0 heteroatoms. The molecule has 3 aromatic rings. The summed E-state index contributed by atoms with van der Waals surface area (Å²) in [4.78, 5) is 0. The van der Waals surface area contributed by atoms with E-state index in [4.69, 9.17) is 0 Å². The molecule has 0 N–H and O–H groups in total. The van der Waals surface area contributed by atoms with E-state index in [2.05, 4.69) is 86.6 Å². The van der Waals surface area contributed by atoms with E-state index in [0.717, 1.165) is 12.8 Å². The maximum absolute atomic E-state index is 2.36. The molecule has 0 aliphatic carbocycles. The van der Waals surface area contributed by atoms with Crippen LogP contribution in [0.2, 0.25) is 0 Å². The van der Waals surface area contributed by atoms with E-state index in [1.807, 2.05) is 0 Å². The molecule has 0 nitrogen and oxygen atoms in total. The van der Waals surface area contributed by atoms with Crippen molar-refractivity contribution in [1.29, 1.82) is 0 Å². The zero-order chi connectivity index (χ0) is 14.7. The highest BCUT2D eigenvalue weighted by atomic mass is 14.2. The molecule has 0 fully saturated rings. The van der Waals surface area contributed by atoms with Gasteiger partial charge < -0.3 is 0 Å². The maximum Gasteiger partial charge on any atom is -0.0152 e. The van der Waals surface area contributed by atoms with Crippen molar-refractivity contribution in [2.24, 2.45) is 5.41 Å². The zero-order valence-corrected chi connectivity index (χ0v) is 12.8. The average molecular weight is 274 g/mol. The van der Waals surface area contributed by atoms with E-state index in [9.17, 15) is 0 Å². The fraction of sp³-hybridized carbons (Fsp3) is 0.238. The molecule has 0 aromatic heterocycles. The minimum absolute atomic E-state index is 0.255. The van der Waals surface area contributed by atoms with Crippen molar-refractivity contribution in [3.63, 3.8) is 0 Å². The third kappa shape index (κ3) is 3.33. The van der Waals surface area contributed by atoms with Gasteiger partial charge in [0.05, 0.1) is 0 Å². The van der Waals surface area contributed by atoms with Gasteiger partial charge in [0.15, 0.2) is 0 Å². The molecule has 0 aliphatic heterocycles. The van der Waals surface area contributed by atoms with Crippen LogP contribution in [0.25, 0.3) is 10.8 Å². The fourth-order valence-electron chi connectivity index (χ4n) is 3.17. The largest absolute Gasteiger partial charge is 0.0622 e. The van der Waals surface area contributed by atoms with Gasteiger partial charge in [-0.3, -0.25) is 0 Å². The number of rotatable bonds is 4. The quantitative estimate of drug-likeness (QED) is 0.576. The number of benzene rings is 3. The highest BCUT2D eigenvalue weighted by molar-refractivity contribution is 5.85. The van der Waals surface area contributed by atoms with Gasteiger partial charge in [-0.05, 0) is 40.2 Å². The van der Waals surface area contributed by atoms with Crippen LogP contribution in [-0.2, 0) is 12.8 Å². The molecule has 3 rings (SSSR count). The van der Waals surface area contributed by atoms with Crippen molar-refractivity contribution in [2.75, 3.05) is 0 Å².